The Bertz CT molecular complexity index is 715. The van der Waals surface area contributed by atoms with Crippen LogP contribution in [0.15, 0.2) is 24.3 Å². The Morgan fingerprint density at radius 1 is 1.17 bits per heavy atom. The average Bonchev–Trinajstić information content (AvgIpc) is 2.79. The number of carbonyl (C=O) groups excluding carboxylic acids is 3. The van der Waals surface area contributed by atoms with Crippen molar-refractivity contribution >= 4 is 23.4 Å². The standard InChI is InChI=1S/C16H17N3O5/c1-9-2-7-12-13(8-9)16(22)18(15(12)21)17-14(20)10-3-5-11(6-4-10)19(23)24/h3-6,9,12-13H,2,7-8H2,1H3,(H,17,20)/t9-,12-,13-/m1/s1. The molecule has 1 saturated heterocycles. The fourth-order valence-electron chi connectivity index (χ4n) is 3.40. The lowest BCUT2D eigenvalue weighted by Crippen LogP contribution is -2.46. The molecule has 1 saturated carbocycles. The molecular weight excluding hydrogens is 314 g/mol. The number of nitro groups is 1. The number of nitro benzene ring substituents is 1. The van der Waals surface area contributed by atoms with Crippen molar-refractivity contribution < 1.29 is 19.3 Å². The molecule has 0 bridgehead atoms. The quantitative estimate of drug-likeness (QED) is 0.514. The summed E-state index contributed by atoms with van der Waals surface area (Å²) in [6.45, 7) is 2.05. The lowest BCUT2D eigenvalue weighted by atomic mass is 9.76. The van der Waals surface area contributed by atoms with Crippen LogP contribution in [-0.2, 0) is 9.59 Å². The molecule has 8 nitrogen and oxygen atoms in total. The number of carbonyl (C=O) groups is 3. The number of rotatable bonds is 3. The summed E-state index contributed by atoms with van der Waals surface area (Å²) in [5, 5.41) is 11.4. The number of nitrogens with zero attached hydrogens (tertiary/aromatic N) is 2. The summed E-state index contributed by atoms with van der Waals surface area (Å²) >= 11 is 0. The second kappa shape index (κ2) is 6.03. The van der Waals surface area contributed by atoms with Gasteiger partial charge in [-0.05, 0) is 37.3 Å². The molecule has 0 radical (unpaired) electrons. The van der Waals surface area contributed by atoms with E-state index >= 15 is 0 Å². The minimum absolute atomic E-state index is 0.139. The monoisotopic (exact) mass is 331 g/mol. The first-order valence-corrected chi connectivity index (χ1v) is 7.81. The number of amides is 3. The van der Waals surface area contributed by atoms with Gasteiger partial charge in [-0.1, -0.05) is 6.92 Å². The van der Waals surface area contributed by atoms with Crippen molar-refractivity contribution in [3.8, 4) is 0 Å². The van der Waals surface area contributed by atoms with Gasteiger partial charge in [0.1, 0.15) is 0 Å². The number of benzene rings is 1. The summed E-state index contributed by atoms with van der Waals surface area (Å²) in [6.07, 6.45) is 2.20. The number of fused-ring (bicyclic) bond motifs is 1. The highest BCUT2D eigenvalue weighted by Gasteiger charge is 2.50. The van der Waals surface area contributed by atoms with Crippen LogP contribution in [0.1, 0.15) is 36.5 Å². The van der Waals surface area contributed by atoms with Gasteiger partial charge in [0, 0.05) is 17.7 Å². The number of nitrogens with one attached hydrogen (secondary N) is 1. The summed E-state index contributed by atoms with van der Waals surface area (Å²) in [5.74, 6) is -1.71. The zero-order valence-electron chi connectivity index (χ0n) is 13.1. The van der Waals surface area contributed by atoms with Crippen molar-refractivity contribution in [3.05, 3.63) is 39.9 Å². The molecule has 3 atom stereocenters. The Morgan fingerprint density at radius 2 is 1.79 bits per heavy atom. The Labute approximate surface area is 137 Å². The van der Waals surface area contributed by atoms with Crippen molar-refractivity contribution in [1.29, 1.82) is 0 Å². The first-order chi connectivity index (χ1) is 11.4. The number of imide groups is 1. The van der Waals surface area contributed by atoms with E-state index in [0.717, 1.165) is 11.4 Å². The van der Waals surface area contributed by atoms with Crippen LogP contribution in [-0.4, -0.2) is 27.7 Å². The van der Waals surface area contributed by atoms with E-state index in [-0.39, 0.29) is 34.9 Å². The third-order valence-electron chi connectivity index (χ3n) is 4.74. The van der Waals surface area contributed by atoms with E-state index in [2.05, 4.69) is 5.43 Å². The number of non-ortho nitro benzene ring substituents is 1. The predicted molar refractivity (Wildman–Crippen MR) is 82.4 cm³/mol. The number of hydrazine groups is 1. The molecular formula is C16H17N3O5. The van der Waals surface area contributed by atoms with Gasteiger partial charge in [0.2, 0.25) is 0 Å². The molecule has 1 aliphatic heterocycles. The molecule has 3 amide bonds. The molecule has 2 aliphatic rings. The van der Waals surface area contributed by atoms with Gasteiger partial charge in [-0.3, -0.25) is 29.9 Å². The van der Waals surface area contributed by atoms with Crippen LogP contribution in [0.3, 0.4) is 0 Å². The maximum Gasteiger partial charge on any atom is 0.270 e. The largest absolute Gasteiger partial charge is 0.272 e. The second-order valence-corrected chi connectivity index (χ2v) is 6.39. The minimum atomic E-state index is -0.640. The van der Waals surface area contributed by atoms with Gasteiger partial charge in [0.05, 0.1) is 16.8 Å². The van der Waals surface area contributed by atoms with Gasteiger partial charge in [-0.25, -0.2) is 0 Å². The van der Waals surface area contributed by atoms with Crippen molar-refractivity contribution in [1.82, 2.24) is 10.4 Å². The van der Waals surface area contributed by atoms with Gasteiger partial charge < -0.3 is 0 Å². The molecule has 8 heteroatoms. The first-order valence-electron chi connectivity index (χ1n) is 7.81. The van der Waals surface area contributed by atoms with E-state index in [4.69, 9.17) is 0 Å². The highest BCUT2D eigenvalue weighted by atomic mass is 16.6. The van der Waals surface area contributed by atoms with E-state index in [0.29, 0.717) is 18.8 Å². The van der Waals surface area contributed by atoms with Gasteiger partial charge in [0.25, 0.3) is 23.4 Å². The van der Waals surface area contributed by atoms with E-state index in [9.17, 15) is 24.5 Å². The molecule has 1 N–H and O–H groups in total. The van der Waals surface area contributed by atoms with E-state index in [1.54, 1.807) is 0 Å². The Balaban J connectivity index is 1.73. The van der Waals surface area contributed by atoms with Crippen LogP contribution < -0.4 is 5.43 Å². The SMILES string of the molecule is C[C@@H]1CC[C@H]2C(=O)N(NC(=O)c3ccc([N+](=O)[O-])cc3)C(=O)[C@@H]2C1. The molecule has 126 valence electrons. The maximum absolute atomic E-state index is 12.4. The van der Waals surface area contributed by atoms with E-state index in [1.807, 2.05) is 6.92 Å². The Morgan fingerprint density at radius 3 is 2.42 bits per heavy atom. The van der Waals surface area contributed by atoms with Crippen LogP contribution in [0.5, 0.6) is 0 Å². The van der Waals surface area contributed by atoms with Crippen LogP contribution in [0.4, 0.5) is 5.69 Å². The van der Waals surface area contributed by atoms with Gasteiger partial charge in [-0.2, -0.15) is 5.01 Å². The average molecular weight is 331 g/mol. The predicted octanol–water partition coefficient (Wildman–Crippen LogP) is 1.66. The van der Waals surface area contributed by atoms with Crippen LogP contribution in [0.25, 0.3) is 0 Å². The van der Waals surface area contributed by atoms with Crippen LogP contribution in [0, 0.1) is 27.9 Å². The number of hydrogen-bond acceptors (Lipinski definition) is 5. The molecule has 24 heavy (non-hydrogen) atoms. The summed E-state index contributed by atoms with van der Waals surface area (Å²) in [5.41, 5.74) is 2.34. The van der Waals surface area contributed by atoms with Crippen molar-refractivity contribution in [3.63, 3.8) is 0 Å². The Kier molecular flexibility index (Phi) is 4.04. The van der Waals surface area contributed by atoms with Crippen molar-refractivity contribution in [2.75, 3.05) is 0 Å². The molecule has 0 aromatic heterocycles. The highest BCUT2D eigenvalue weighted by Crippen LogP contribution is 2.39. The first kappa shape index (κ1) is 16.1. The van der Waals surface area contributed by atoms with E-state index in [1.165, 1.54) is 24.3 Å². The molecule has 1 aromatic rings. The molecule has 1 aliphatic carbocycles. The van der Waals surface area contributed by atoms with Crippen LogP contribution in [0.2, 0.25) is 0 Å². The van der Waals surface area contributed by atoms with Crippen molar-refractivity contribution in [2.45, 2.75) is 26.2 Å². The van der Waals surface area contributed by atoms with Gasteiger partial charge >= 0.3 is 0 Å². The molecule has 1 heterocycles. The molecule has 0 spiro atoms. The lowest BCUT2D eigenvalue weighted by Gasteiger charge is -2.25. The summed E-state index contributed by atoms with van der Waals surface area (Å²) in [4.78, 5) is 47.0. The van der Waals surface area contributed by atoms with Crippen LogP contribution >= 0.6 is 0 Å². The Hall–Kier alpha value is -2.77. The van der Waals surface area contributed by atoms with Gasteiger partial charge in [0.15, 0.2) is 0 Å². The molecule has 2 fully saturated rings. The van der Waals surface area contributed by atoms with E-state index < -0.39 is 10.8 Å². The highest BCUT2D eigenvalue weighted by molar-refractivity contribution is 6.07. The fourth-order valence-corrected chi connectivity index (χ4v) is 3.40. The molecule has 3 rings (SSSR count). The van der Waals surface area contributed by atoms with Crippen molar-refractivity contribution in [2.24, 2.45) is 17.8 Å². The maximum atomic E-state index is 12.4. The normalized spacial score (nSPS) is 26.2. The molecule has 1 aromatic carbocycles. The third kappa shape index (κ3) is 2.75. The topological polar surface area (TPSA) is 110 Å². The summed E-state index contributed by atoms with van der Waals surface area (Å²) in [7, 11) is 0. The summed E-state index contributed by atoms with van der Waals surface area (Å²) in [6, 6.07) is 4.97. The smallest absolute Gasteiger partial charge is 0.270 e. The van der Waals surface area contributed by atoms with Gasteiger partial charge in [-0.15, -0.1) is 0 Å². The summed E-state index contributed by atoms with van der Waals surface area (Å²) < 4.78 is 0. The second-order valence-electron chi connectivity index (χ2n) is 6.39. The molecule has 0 unspecified atom stereocenters. The minimum Gasteiger partial charge on any atom is -0.272 e. The fraction of sp³-hybridized carbons (Fsp3) is 0.438. The zero-order chi connectivity index (χ0) is 17.4. The third-order valence-corrected chi connectivity index (χ3v) is 4.74. The zero-order valence-corrected chi connectivity index (χ0v) is 13.1. The number of hydrogen-bond donors (Lipinski definition) is 1. The lowest BCUT2D eigenvalue weighted by molar-refractivity contribution is -0.384.